The van der Waals surface area contributed by atoms with E-state index >= 15 is 0 Å². The Morgan fingerprint density at radius 3 is 2.65 bits per heavy atom. The van der Waals surface area contributed by atoms with Gasteiger partial charge in [-0.05, 0) is 55.8 Å². The van der Waals surface area contributed by atoms with E-state index in [1.54, 1.807) is 14.2 Å². The maximum atomic E-state index is 5.44. The van der Waals surface area contributed by atoms with Crippen molar-refractivity contribution in [2.45, 2.75) is 44.1 Å². The number of piperidine rings is 2. The summed E-state index contributed by atoms with van der Waals surface area (Å²) in [5.74, 6) is 2.32. The van der Waals surface area contributed by atoms with Crippen LogP contribution in [0.1, 0.15) is 43.6 Å². The van der Waals surface area contributed by atoms with Crippen LogP contribution in [0.5, 0.6) is 11.5 Å². The van der Waals surface area contributed by atoms with Gasteiger partial charge < -0.3 is 9.47 Å². The maximum absolute atomic E-state index is 5.44. The zero-order valence-corrected chi connectivity index (χ0v) is 12.6. The first-order valence-corrected chi connectivity index (χ1v) is 7.78. The number of benzene rings is 1. The van der Waals surface area contributed by atoms with E-state index < -0.39 is 0 Å². The second-order valence-electron chi connectivity index (χ2n) is 6.03. The molecule has 1 aromatic rings. The molecule has 3 heteroatoms. The van der Waals surface area contributed by atoms with Crippen molar-refractivity contribution in [2.24, 2.45) is 0 Å². The normalized spacial score (nSPS) is 26.9. The van der Waals surface area contributed by atoms with Crippen LogP contribution >= 0.6 is 0 Å². The van der Waals surface area contributed by atoms with E-state index in [0.717, 1.165) is 17.5 Å². The van der Waals surface area contributed by atoms with Crippen molar-refractivity contribution in [3.8, 4) is 11.5 Å². The Balaban J connectivity index is 1.76. The second-order valence-corrected chi connectivity index (χ2v) is 6.03. The molecule has 2 heterocycles. The molecule has 0 radical (unpaired) electrons. The van der Waals surface area contributed by atoms with Gasteiger partial charge in [-0.2, -0.15) is 0 Å². The highest BCUT2D eigenvalue weighted by atomic mass is 16.5. The lowest BCUT2D eigenvalue weighted by Gasteiger charge is -2.42. The molecule has 3 nitrogen and oxygen atoms in total. The lowest BCUT2D eigenvalue weighted by molar-refractivity contribution is 0.0958. The summed E-state index contributed by atoms with van der Waals surface area (Å²) in [4.78, 5) is 2.70. The summed E-state index contributed by atoms with van der Waals surface area (Å²) in [5, 5.41) is 0. The van der Waals surface area contributed by atoms with Crippen LogP contribution in [-0.4, -0.2) is 38.3 Å². The molecule has 2 aliphatic rings. The zero-order valence-electron chi connectivity index (χ0n) is 12.6. The lowest BCUT2D eigenvalue weighted by Crippen LogP contribution is -2.45. The van der Waals surface area contributed by atoms with Crippen LogP contribution in [0.3, 0.4) is 0 Å². The Labute approximate surface area is 121 Å². The monoisotopic (exact) mass is 275 g/mol. The Morgan fingerprint density at radius 2 is 1.85 bits per heavy atom. The van der Waals surface area contributed by atoms with E-state index in [4.69, 9.17) is 9.47 Å². The number of hydrogen-bond acceptors (Lipinski definition) is 3. The van der Waals surface area contributed by atoms with Crippen molar-refractivity contribution < 1.29 is 9.47 Å². The topological polar surface area (TPSA) is 21.7 Å². The van der Waals surface area contributed by atoms with Gasteiger partial charge in [0.15, 0.2) is 11.5 Å². The lowest BCUT2D eigenvalue weighted by atomic mass is 9.84. The molecule has 1 aromatic carbocycles. The highest BCUT2D eigenvalue weighted by Crippen LogP contribution is 2.37. The Kier molecular flexibility index (Phi) is 4.16. The number of nitrogens with zero attached hydrogens (tertiary/aromatic N) is 1. The van der Waals surface area contributed by atoms with Crippen molar-refractivity contribution in [3.63, 3.8) is 0 Å². The smallest absolute Gasteiger partial charge is 0.160 e. The van der Waals surface area contributed by atoms with E-state index in [1.165, 1.54) is 50.8 Å². The fourth-order valence-electron chi connectivity index (χ4n) is 3.77. The van der Waals surface area contributed by atoms with Gasteiger partial charge in [0.05, 0.1) is 14.2 Å². The zero-order chi connectivity index (χ0) is 13.9. The van der Waals surface area contributed by atoms with Crippen LogP contribution in [0, 0.1) is 0 Å². The van der Waals surface area contributed by atoms with Gasteiger partial charge in [0.25, 0.3) is 0 Å². The SMILES string of the molecule is COc1ccc(C2CCC3CCCCN3C2)cc1OC. The minimum Gasteiger partial charge on any atom is -0.493 e. The van der Waals surface area contributed by atoms with Gasteiger partial charge in [0.1, 0.15) is 0 Å². The summed E-state index contributed by atoms with van der Waals surface area (Å²) in [6.07, 6.45) is 6.84. The molecule has 2 fully saturated rings. The van der Waals surface area contributed by atoms with Crippen LogP contribution in [0.15, 0.2) is 18.2 Å². The summed E-state index contributed by atoms with van der Waals surface area (Å²) < 4.78 is 10.8. The fraction of sp³-hybridized carbons (Fsp3) is 0.647. The first kappa shape index (κ1) is 13.7. The van der Waals surface area contributed by atoms with E-state index in [9.17, 15) is 0 Å². The molecule has 0 aliphatic carbocycles. The van der Waals surface area contributed by atoms with Gasteiger partial charge in [-0.15, -0.1) is 0 Å². The van der Waals surface area contributed by atoms with Crippen molar-refractivity contribution in [1.82, 2.24) is 4.90 Å². The molecule has 0 amide bonds. The predicted octanol–water partition coefficient (Wildman–Crippen LogP) is 3.44. The molecule has 0 spiro atoms. The minimum absolute atomic E-state index is 0.643. The van der Waals surface area contributed by atoms with Crippen molar-refractivity contribution in [2.75, 3.05) is 27.3 Å². The van der Waals surface area contributed by atoms with Gasteiger partial charge in [-0.25, -0.2) is 0 Å². The molecule has 2 atom stereocenters. The number of ether oxygens (including phenoxy) is 2. The summed E-state index contributed by atoms with van der Waals surface area (Å²) in [7, 11) is 3.40. The Hall–Kier alpha value is -1.22. The van der Waals surface area contributed by atoms with Crippen LogP contribution in [-0.2, 0) is 0 Å². The minimum atomic E-state index is 0.643. The molecular formula is C17H25NO2. The van der Waals surface area contributed by atoms with E-state index in [2.05, 4.69) is 17.0 Å². The molecule has 2 aliphatic heterocycles. The molecule has 0 N–H and O–H groups in total. The molecule has 3 rings (SSSR count). The standard InChI is InChI=1S/C17H25NO2/c1-19-16-9-7-13(11-17(16)20-2)14-6-8-15-5-3-4-10-18(15)12-14/h7,9,11,14-15H,3-6,8,10,12H2,1-2H3. The molecule has 110 valence electrons. The Bertz CT molecular complexity index is 460. The molecular weight excluding hydrogens is 250 g/mol. The number of rotatable bonds is 3. The van der Waals surface area contributed by atoms with Crippen LogP contribution in [0.25, 0.3) is 0 Å². The summed E-state index contributed by atoms with van der Waals surface area (Å²) in [5.41, 5.74) is 1.40. The van der Waals surface area contributed by atoms with Crippen molar-refractivity contribution in [3.05, 3.63) is 23.8 Å². The predicted molar refractivity (Wildman–Crippen MR) is 80.7 cm³/mol. The van der Waals surface area contributed by atoms with E-state index in [0.29, 0.717) is 5.92 Å². The van der Waals surface area contributed by atoms with Gasteiger partial charge in [0.2, 0.25) is 0 Å². The van der Waals surface area contributed by atoms with Crippen LogP contribution in [0.4, 0.5) is 0 Å². The molecule has 2 saturated heterocycles. The third-order valence-corrected chi connectivity index (χ3v) is 4.93. The quantitative estimate of drug-likeness (QED) is 0.843. The molecule has 0 bridgehead atoms. The molecule has 2 unspecified atom stereocenters. The van der Waals surface area contributed by atoms with Crippen molar-refractivity contribution >= 4 is 0 Å². The average Bonchev–Trinajstić information content (AvgIpc) is 2.53. The largest absolute Gasteiger partial charge is 0.493 e. The summed E-state index contributed by atoms with van der Waals surface area (Å²) >= 11 is 0. The highest BCUT2D eigenvalue weighted by molar-refractivity contribution is 5.44. The van der Waals surface area contributed by atoms with Gasteiger partial charge >= 0.3 is 0 Å². The van der Waals surface area contributed by atoms with Crippen molar-refractivity contribution in [1.29, 1.82) is 0 Å². The van der Waals surface area contributed by atoms with E-state index in [1.807, 2.05) is 6.07 Å². The number of methoxy groups -OCH3 is 2. The first-order valence-electron chi connectivity index (χ1n) is 7.78. The first-order chi connectivity index (χ1) is 9.81. The maximum Gasteiger partial charge on any atom is 0.160 e. The van der Waals surface area contributed by atoms with Gasteiger partial charge in [-0.3, -0.25) is 4.90 Å². The average molecular weight is 275 g/mol. The fourth-order valence-corrected chi connectivity index (χ4v) is 3.77. The molecule has 0 saturated carbocycles. The molecule has 0 aromatic heterocycles. The second kappa shape index (κ2) is 6.04. The van der Waals surface area contributed by atoms with Gasteiger partial charge in [-0.1, -0.05) is 12.5 Å². The number of fused-ring (bicyclic) bond motifs is 1. The van der Waals surface area contributed by atoms with Crippen LogP contribution in [0.2, 0.25) is 0 Å². The summed E-state index contributed by atoms with van der Waals surface area (Å²) in [6, 6.07) is 7.25. The highest BCUT2D eigenvalue weighted by Gasteiger charge is 2.30. The third-order valence-electron chi connectivity index (χ3n) is 4.93. The summed E-state index contributed by atoms with van der Waals surface area (Å²) in [6.45, 7) is 2.49. The third kappa shape index (κ3) is 2.64. The molecule has 20 heavy (non-hydrogen) atoms. The Morgan fingerprint density at radius 1 is 1.00 bits per heavy atom. The van der Waals surface area contributed by atoms with Gasteiger partial charge in [0, 0.05) is 12.6 Å². The number of hydrogen-bond donors (Lipinski definition) is 0. The van der Waals surface area contributed by atoms with Crippen LogP contribution < -0.4 is 9.47 Å². The van der Waals surface area contributed by atoms with E-state index in [-0.39, 0.29) is 0 Å².